The third-order valence-corrected chi connectivity index (χ3v) is 6.44. The van der Waals surface area contributed by atoms with Crippen molar-refractivity contribution in [1.82, 2.24) is 20.3 Å². The highest BCUT2D eigenvalue weighted by atomic mass is 32.2. The summed E-state index contributed by atoms with van der Waals surface area (Å²) in [5.74, 6) is 2.26. The second-order valence-corrected chi connectivity index (χ2v) is 8.98. The Balaban J connectivity index is 1.68. The Morgan fingerprint density at radius 1 is 1.33 bits per heavy atom. The van der Waals surface area contributed by atoms with E-state index in [1.807, 2.05) is 24.4 Å². The average Bonchev–Trinajstić information content (AvgIpc) is 3.20. The molecule has 0 aromatic carbocycles. The molecule has 3 aromatic rings. The second-order valence-electron chi connectivity index (χ2n) is 3.96. The quantitative estimate of drug-likeness (QED) is 0.597. The Labute approximate surface area is 138 Å². The van der Waals surface area contributed by atoms with Crippen molar-refractivity contribution in [3.63, 3.8) is 0 Å². The summed E-state index contributed by atoms with van der Waals surface area (Å²) in [6.07, 6.45) is 0. The van der Waals surface area contributed by atoms with Crippen LogP contribution in [0.3, 0.4) is 0 Å². The molecule has 9 heteroatoms. The number of aromatic nitrogens is 4. The number of hydrogen-bond acceptors (Lipinski definition) is 9. The summed E-state index contributed by atoms with van der Waals surface area (Å²) in [7, 11) is 0. The summed E-state index contributed by atoms with van der Waals surface area (Å²) in [5.41, 5.74) is 0. The minimum Gasteiger partial charge on any atom is -0.338 e. The van der Waals surface area contributed by atoms with Crippen molar-refractivity contribution in [1.29, 1.82) is 0 Å². The zero-order chi connectivity index (χ0) is 14.7. The van der Waals surface area contributed by atoms with Gasteiger partial charge >= 0.3 is 0 Å². The van der Waals surface area contributed by atoms with E-state index < -0.39 is 0 Å². The van der Waals surface area contributed by atoms with Gasteiger partial charge < -0.3 is 4.52 Å². The summed E-state index contributed by atoms with van der Waals surface area (Å²) in [6.45, 7) is 4.14. The maximum atomic E-state index is 5.35. The molecule has 1 unspecified atom stereocenters. The van der Waals surface area contributed by atoms with Crippen LogP contribution in [-0.2, 0) is 0 Å². The van der Waals surface area contributed by atoms with Crippen LogP contribution in [0.5, 0.6) is 0 Å². The van der Waals surface area contributed by atoms with E-state index in [-0.39, 0.29) is 5.25 Å². The van der Waals surface area contributed by atoms with Gasteiger partial charge in [0, 0.05) is 0 Å². The second kappa shape index (κ2) is 6.91. The Bertz CT molecular complexity index is 694. The molecule has 0 aliphatic carbocycles. The number of hydrogen-bond donors (Lipinski definition) is 0. The first-order chi connectivity index (χ1) is 10.3. The molecule has 3 heterocycles. The van der Waals surface area contributed by atoms with E-state index in [0.717, 1.165) is 19.3 Å². The minimum atomic E-state index is 0.0543. The first-order valence-corrected chi connectivity index (χ1v) is 9.83. The first-order valence-electron chi connectivity index (χ1n) is 6.26. The lowest BCUT2D eigenvalue weighted by molar-refractivity contribution is 0.381. The molecule has 0 saturated carbocycles. The first kappa shape index (κ1) is 15.0. The Kier molecular flexibility index (Phi) is 4.94. The Morgan fingerprint density at radius 3 is 2.95 bits per heavy atom. The van der Waals surface area contributed by atoms with Gasteiger partial charge in [-0.1, -0.05) is 53.0 Å². The van der Waals surface area contributed by atoms with Crippen molar-refractivity contribution in [3.8, 4) is 10.7 Å². The van der Waals surface area contributed by atoms with Gasteiger partial charge in [-0.05, 0) is 24.1 Å². The molecule has 0 saturated heterocycles. The van der Waals surface area contributed by atoms with Crippen LogP contribution in [0, 0.1) is 0 Å². The lowest BCUT2D eigenvalue weighted by Crippen LogP contribution is -1.88. The van der Waals surface area contributed by atoms with E-state index in [1.54, 1.807) is 46.2 Å². The highest BCUT2D eigenvalue weighted by molar-refractivity contribution is 8.03. The van der Waals surface area contributed by atoms with E-state index in [2.05, 4.69) is 27.3 Å². The molecule has 3 aromatic heterocycles. The molecular formula is C12H12N4OS4. The molecule has 0 fully saturated rings. The van der Waals surface area contributed by atoms with Crippen molar-refractivity contribution in [2.24, 2.45) is 0 Å². The largest absolute Gasteiger partial charge is 0.338 e. The molecule has 3 rings (SSSR count). The highest BCUT2D eigenvalue weighted by Crippen LogP contribution is 2.38. The van der Waals surface area contributed by atoms with Gasteiger partial charge in [0.1, 0.15) is 0 Å². The van der Waals surface area contributed by atoms with E-state index in [1.165, 1.54) is 0 Å². The normalized spacial score (nSPS) is 12.7. The molecule has 110 valence electrons. The van der Waals surface area contributed by atoms with Gasteiger partial charge in [-0.25, -0.2) is 0 Å². The van der Waals surface area contributed by atoms with Gasteiger partial charge in [-0.15, -0.1) is 21.5 Å². The third-order valence-electron chi connectivity index (χ3n) is 2.46. The number of thiophene rings is 1. The number of rotatable bonds is 6. The predicted octanol–water partition coefficient (Wildman–Crippen LogP) is 4.61. The molecule has 21 heavy (non-hydrogen) atoms. The van der Waals surface area contributed by atoms with Crippen LogP contribution in [-0.4, -0.2) is 26.1 Å². The van der Waals surface area contributed by atoms with E-state index in [9.17, 15) is 0 Å². The lowest BCUT2D eigenvalue weighted by Gasteiger charge is -2.01. The number of thioether (sulfide) groups is 2. The average molecular weight is 357 g/mol. The Hall–Kier alpha value is -0.900. The van der Waals surface area contributed by atoms with Gasteiger partial charge in [0.2, 0.25) is 11.7 Å². The van der Waals surface area contributed by atoms with E-state index >= 15 is 0 Å². The van der Waals surface area contributed by atoms with Crippen LogP contribution < -0.4 is 0 Å². The number of nitrogens with zero attached hydrogens (tertiary/aromatic N) is 4. The molecule has 1 atom stereocenters. The topological polar surface area (TPSA) is 64.7 Å². The standard InChI is InChI=1S/C12H12N4OS4/c1-3-18-11-14-15-12(21-11)20-7(2)10-13-9(16-17-10)8-5-4-6-19-8/h4-7H,3H2,1-2H3. The van der Waals surface area contributed by atoms with E-state index in [0.29, 0.717) is 11.7 Å². The predicted molar refractivity (Wildman–Crippen MR) is 88.2 cm³/mol. The molecular weight excluding hydrogens is 344 g/mol. The molecule has 5 nitrogen and oxygen atoms in total. The fourth-order valence-corrected chi connectivity index (χ4v) is 5.28. The molecule has 0 N–H and O–H groups in total. The van der Waals surface area contributed by atoms with Gasteiger partial charge in [0.25, 0.3) is 0 Å². The van der Waals surface area contributed by atoms with Gasteiger partial charge in [0.05, 0.1) is 10.1 Å². The SMILES string of the molecule is CCSc1nnc(SC(C)c2nc(-c3cccs3)no2)s1. The minimum absolute atomic E-state index is 0.0543. The monoisotopic (exact) mass is 356 g/mol. The van der Waals surface area contributed by atoms with Crippen LogP contribution in [0.25, 0.3) is 10.7 Å². The van der Waals surface area contributed by atoms with Crippen LogP contribution in [0.2, 0.25) is 0 Å². The summed E-state index contributed by atoms with van der Waals surface area (Å²) >= 11 is 6.50. The summed E-state index contributed by atoms with van der Waals surface area (Å²) in [5, 5.41) is 14.4. The van der Waals surface area contributed by atoms with E-state index in [4.69, 9.17) is 4.52 Å². The summed E-state index contributed by atoms with van der Waals surface area (Å²) in [6, 6.07) is 3.96. The maximum Gasteiger partial charge on any atom is 0.240 e. The van der Waals surface area contributed by atoms with Crippen molar-refractivity contribution >= 4 is 46.2 Å². The van der Waals surface area contributed by atoms with Crippen LogP contribution in [0.15, 0.2) is 30.7 Å². The zero-order valence-corrected chi connectivity index (χ0v) is 14.6. The van der Waals surface area contributed by atoms with Crippen molar-refractivity contribution in [2.45, 2.75) is 27.8 Å². The molecule has 0 aliphatic rings. The van der Waals surface area contributed by atoms with Crippen LogP contribution >= 0.6 is 46.2 Å². The molecule has 0 spiro atoms. The van der Waals surface area contributed by atoms with Crippen molar-refractivity contribution in [3.05, 3.63) is 23.4 Å². The molecule has 0 bridgehead atoms. The Morgan fingerprint density at radius 2 is 2.19 bits per heavy atom. The van der Waals surface area contributed by atoms with Gasteiger partial charge in [-0.3, -0.25) is 0 Å². The fraction of sp³-hybridized carbons (Fsp3) is 0.333. The van der Waals surface area contributed by atoms with Crippen molar-refractivity contribution in [2.75, 3.05) is 5.75 Å². The molecule has 0 aliphatic heterocycles. The fourth-order valence-electron chi connectivity index (χ4n) is 1.53. The smallest absolute Gasteiger partial charge is 0.240 e. The lowest BCUT2D eigenvalue weighted by atomic mass is 10.4. The van der Waals surface area contributed by atoms with Crippen LogP contribution in [0.1, 0.15) is 25.0 Å². The third kappa shape index (κ3) is 3.65. The summed E-state index contributed by atoms with van der Waals surface area (Å²) in [4.78, 5) is 5.47. The zero-order valence-electron chi connectivity index (χ0n) is 11.3. The molecule has 0 amide bonds. The molecule has 0 radical (unpaired) electrons. The highest BCUT2D eigenvalue weighted by Gasteiger charge is 2.19. The maximum absolute atomic E-state index is 5.35. The van der Waals surface area contributed by atoms with Gasteiger partial charge in [-0.2, -0.15) is 4.98 Å². The van der Waals surface area contributed by atoms with Crippen LogP contribution in [0.4, 0.5) is 0 Å². The summed E-state index contributed by atoms with van der Waals surface area (Å²) < 4.78 is 7.28. The van der Waals surface area contributed by atoms with Gasteiger partial charge in [0.15, 0.2) is 8.68 Å². The van der Waals surface area contributed by atoms with Crippen molar-refractivity contribution < 1.29 is 4.52 Å².